The van der Waals surface area contributed by atoms with Crippen LogP contribution in [0.15, 0.2) is 12.4 Å². The third-order valence-corrected chi connectivity index (χ3v) is 2.60. The van der Waals surface area contributed by atoms with Crippen molar-refractivity contribution in [3.05, 3.63) is 12.4 Å². The highest BCUT2D eigenvalue weighted by atomic mass is 31.3. The summed E-state index contributed by atoms with van der Waals surface area (Å²) >= 11 is 0. The van der Waals surface area contributed by atoms with Crippen LogP contribution in [0.25, 0.3) is 0 Å². The second kappa shape index (κ2) is 2.96. The summed E-state index contributed by atoms with van der Waals surface area (Å²) in [6.07, 6.45) is 0. The highest BCUT2D eigenvalue weighted by molar-refractivity contribution is 7.63. The van der Waals surface area contributed by atoms with Crippen molar-refractivity contribution in [2.24, 2.45) is 0 Å². The van der Waals surface area contributed by atoms with Gasteiger partial charge in [0.2, 0.25) is 0 Å². The van der Waals surface area contributed by atoms with E-state index in [1.165, 1.54) is 0 Å². The number of phosphoric acid groups is 1. The first-order valence-electron chi connectivity index (χ1n) is 1.94. The Kier molecular flexibility index (Phi) is 2.98. The molecule has 0 amide bonds. The molecule has 0 aromatic rings. The smallest absolute Gasteiger partial charge is 0.161 e. The molecular formula is C2H3O6P2-3. The molecule has 0 bridgehead atoms. The molecule has 0 aliphatic rings. The van der Waals surface area contributed by atoms with E-state index in [1.807, 2.05) is 0 Å². The summed E-state index contributed by atoms with van der Waals surface area (Å²) in [5.41, 5.74) is 0. The molecule has 1 unspecified atom stereocenters. The van der Waals surface area contributed by atoms with Crippen molar-refractivity contribution in [3.63, 3.8) is 0 Å². The predicted molar refractivity (Wildman–Crippen MR) is 26.5 cm³/mol. The van der Waals surface area contributed by atoms with E-state index in [1.54, 1.807) is 0 Å². The van der Waals surface area contributed by atoms with Gasteiger partial charge in [-0.1, -0.05) is 6.58 Å². The summed E-state index contributed by atoms with van der Waals surface area (Å²) in [7, 11) is -10.1. The van der Waals surface area contributed by atoms with E-state index in [0.717, 1.165) is 0 Å². The third-order valence-electron chi connectivity index (χ3n) is 0.437. The molecule has 0 saturated carbocycles. The van der Waals surface area contributed by atoms with Crippen molar-refractivity contribution in [1.29, 1.82) is 0 Å². The van der Waals surface area contributed by atoms with Crippen LogP contribution in [0.4, 0.5) is 0 Å². The number of rotatable bonds is 3. The molecule has 10 heavy (non-hydrogen) atoms. The van der Waals surface area contributed by atoms with Gasteiger partial charge in [-0.05, 0) is 5.82 Å². The Morgan fingerprint density at radius 1 is 1.30 bits per heavy atom. The van der Waals surface area contributed by atoms with E-state index in [2.05, 4.69) is 10.9 Å². The molecule has 0 heterocycles. The quantitative estimate of drug-likeness (QED) is 0.496. The first-order valence-corrected chi connectivity index (χ1v) is 5.02. The molecule has 0 radical (unpaired) electrons. The normalized spacial score (nSPS) is 17.9. The molecule has 0 aromatic heterocycles. The summed E-state index contributed by atoms with van der Waals surface area (Å²) < 4.78 is 22.9. The molecule has 8 heteroatoms. The van der Waals surface area contributed by atoms with E-state index < -0.39 is 15.4 Å². The minimum absolute atomic E-state index is 0.245. The van der Waals surface area contributed by atoms with Crippen LogP contribution in [-0.2, 0) is 13.4 Å². The monoisotopic (exact) mass is 185 g/mol. The van der Waals surface area contributed by atoms with Crippen LogP contribution in [-0.4, -0.2) is 0 Å². The van der Waals surface area contributed by atoms with Gasteiger partial charge in [0, 0.05) is 0 Å². The van der Waals surface area contributed by atoms with Gasteiger partial charge in [0.25, 0.3) is 0 Å². The molecule has 0 fully saturated rings. The minimum Gasteiger partial charge on any atom is -0.790 e. The van der Waals surface area contributed by atoms with Crippen LogP contribution in [0.2, 0.25) is 0 Å². The standard InChI is InChI=1S/C2H6O6P2/c1-2-9(3,4)8-10(5,6)7/h2H,1H2,(H,3,4)(H2,5,6,7)/p-3. The second-order valence-electron chi connectivity index (χ2n) is 1.25. The molecule has 0 aliphatic heterocycles. The van der Waals surface area contributed by atoms with E-state index in [-0.39, 0.29) is 5.82 Å². The van der Waals surface area contributed by atoms with Crippen LogP contribution in [0, 0.1) is 0 Å². The Labute approximate surface area is 56.9 Å². The number of hydrogen-bond acceptors (Lipinski definition) is 6. The zero-order chi connectivity index (χ0) is 8.41. The molecule has 0 rings (SSSR count). The lowest BCUT2D eigenvalue weighted by Crippen LogP contribution is -2.17. The second-order valence-corrected chi connectivity index (χ2v) is 4.24. The maximum Gasteiger partial charge on any atom is 0.161 e. The predicted octanol–water partition coefficient (Wildman–Crippen LogP) is -1.47. The molecule has 0 spiro atoms. The lowest BCUT2D eigenvalue weighted by Gasteiger charge is -2.34. The Morgan fingerprint density at radius 2 is 1.70 bits per heavy atom. The van der Waals surface area contributed by atoms with Crippen LogP contribution < -0.4 is 14.7 Å². The molecule has 0 aromatic carbocycles. The summed E-state index contributed by atoms with van der Waals surface area (Å²) in [6, 6.07) is 0. The fraction of sp³-hybridized carbons (Fsp3) is 0. The van der Waals surface area contributed by atoms with Crippen LogP contribution in [0.1, 0.15) is 0 Å². The molecule has 0 N–H and O–H groups in total. The van der Waals surface area contributed by atoms with Gasteiger partial charge in [-0.2, -0.15) is 0 Å². The Hall–Kier alpha value is 0.0400. The van der Waals surface area contributed by atoms with Gasteiger partial charge in [0.05, 0.1) is 7.82 Å². The first-order chi connectivity index (χ1) is 4.27. The summed E-state index contributed by atoms with van der Waals surface area (Å²) in [6.45, 7) is 2.72. The van der Waals surface area contributed by atoms with Crippen molar-refractivity contribution in [2.75, 3.05) is 0 Å². The first kappa shape index (κ1) is 10.0. The molecule has 6 nitrogen and oxygen atoms in total. The zero-order valence-corrected chi connectivity index (χ0v) is 6.42. The number of hydrogen-bond donors (Lipinski definition) is 0. The molecular weight excluding hydrogens is 182 g/mol. The molecule has 1 atom stereocenters. The molecule has 60 valence electrons. The van der Waals surface area contributed by atoms with E-state index in [0.29, 0.717) is 0 Å². The van der Waals surface area contributed by atoms with Gasteiger partial charge < -0.3 is 28.1 Å². The topological polar surface area (TPSA) is 113 Å². The summed E-state index contributed by atoms with van der Waals surface area (Å²) in [5, 5.41) is 0. The van der Waals surface area contributed by atoms with Gasteiger partial charge in [-0.15, -0.1) is 0 Å². The van der Waals surface area contributed by atoms with Crippen molar-refractivity contribution >= 4 is 15.4 Å². The fourth-order valence-corrected chi connectivity index (χ4v) is 1.55. The van der Waals surface area contributed by atoms with Gasteiger partial charge in [-0.3, -0.25) is 0 Å². The van der Waals surface area contributed by atoms with Crippen LogP contribution in [0.3, 0.4) is 0 Å². The maximum absolute atomic E-state index is 10.1. The lowest BCUT2D eigenvalue weighted by atomic mass is 11.3. The SMILES string of the molecule is C=CP(=O)([O-])OP(=O)([O-])[O-]. The van der Waals surface area contributed by atoms with Crippen molar-refractivity contribution < 1.29 is 28.1 Å². The average molecular weight is 185 g/mol. The van der Waals surface area contributed by atoms with Crippen LogP contribution >= 0.6 is 15.4 Å². The maximum atomic E-state index is 10.1. The van der Waals surface area contributed by atoms with E-state index >= 15 is 0 Å². The Bertz CT molecular complexity index is 214. The lowest BCUT2D eigenvalue weighted by molar-refractivity contribution is -0.337. The highest BCUT2D eigenvalue weighted by Gasteiger charge is 2.03. The van der Waals surface area contributed by atoms with Crippen molar-refractivity contribution in [2.45, 2.75) is 0 Å². The minimum atomic E-state index is -5.45. The van der Waals surface area contributed by atoms with Crippen molar-refractivity contribution in [3.8, 4) is 0 Å². The Balaban J connectivity index is 4.31. The van der Waals surface area contributed by atoms with Gasteiger partial charge in [-0.25, -0.2) is 0 Å². The summed E-state index contributed by atoms with van der Waals surface area (Å²) in [5.74, 6) is 0.245. The highest BCUT2D eigenvalue weighted by Crippen LogP contribution is 2.49. The van der Waals surface area contributed by atoms with Gasteiger partial charge in [0.15, 0.2) is 7.60 Å². The zero-order valence-electron chi connectivity index (χ0n) is 4.63. The largest absolute Gasteiger partial charge is 0.790 e. The van der Waals surface area contributed by atoms with Gasteiger partial charge in [0.1, 0.15) is 0 Å². The molecule has 0 saturated heterocycles. The third kappa shape index (κ3) is 4.88. The van der Waals surface area contributed by atoms with E-state index in [9.17, 15) is 23.8 Å². The van der Waals surface area contributed by atoms with E-state index in [4.69, 9.17) is 0 Å². The summed E-state index contributed by atoms with van der Waals surface area (Å²) in [4.78, 5) is 29.4. The Morgan fingerprint density at radius 3 is 1.80 bits per heavy atom. The van der Waals surface area contributed by atoms with Gasteiger partial charge >= 0.3 is 0 Å². The average Bonchev–Trinajstić information content (AvgIpc) is 1.60. The van der Waals surface area contributed by atoms with Crippen LogP contribution in [0.5, 0.6) is 0 Å². The van der Waals surface area contributed by atoms with Crippen molar-refractivity contribution in [1.82, 2.24) is 0 Å². The molecule has 0 aliphatic carbocycles. The fourth-order valence-electron chi connectivity index (χ4n) is 0.173.